The van der Waals surface area contributed by atoms with Gasteiger partial charge in [-0.05, 0) is 53.5 Å². The van der Waals surface area contributed by atoms with Gasteiger partial charge in [-0.25, -0.2) is 4.57 Å². The van der Waals surface area contributed by atoms with Gasteiger partial charge in [0, 0.05) is 6.07 Å². The molecule has 152 valence electrons. The van der Waals surface area contributed by atoms with E-state index in [1.807, 2.05) is 0 Å². The molecule has 0 aliphatic carbocycles. The number of benzene rings is 2. The van der Waals surface area contributed by atoms with Gasteiger partial charge in [0.15, 0.2) is 6.20 Å². The second-order valence-electron chi connectivity index (χ2n) is 10.6. The Hall–Kier alpha value is -1.93. The van der Waals surface area contributed by atoms with Crippen molar-refractivity contribution in [3.05, 3.63) is 59.3 Å². The van der Waals surface area contributed by atoms with Crippen LogP contribution in [0.3, 0.4) is 0 Å². The van der Waals surface area contributed by atoms with Crippen LogP contribution >= 0.6 is 0 Å². The third-order valence-corrected chi connectivity index (χ3v) is 11.9. The standard InChI is InChI=1S/C27H36NSi/c1-19-16-22(27(3,4)5)18-25(20(19)2)26-24-11-10-23(29(7)14-8-9-15-29)17-21(24)12-13-28(26)6/h10-13,16-18H,8-9,14-15H2,1-7H3/q+1. The molecule has 1 nitrogen and oxygen atoms in total. The number of fused-ring (bicyclic) bond motifs is 1. The van der Waals surface area contributed by atoms with E-state index in [4.69, 9.17) is 0 Å². The van der Waals surface area contributed by atoms with Gasteiger partial charge >= 0.3 is 0 Å². The lowest BCUT2D eigenvalue weighted by Crippen LogP contribution is -2.41. The molecule has 0 spiro atoms. The van der Waals surface area contributed by atoms with E-state index >= 15 is 0 Å². The minimum absolute atomic E-state index is 0.145. The highest BCUT2D eigenvalue weighted by atomic mass is 28.3. The van der Waals surface area contributed by atoms with Crippen molar-refractivity contribution in [1.29, 1.82) is 0 Å². The van der Waals surface area contributed by atoms with E-state index in [9.17, 15) is 0 Å². The molecule has 3 aromatic rings. The van der Waals surface area contributed by atoms with Gasteiger partial charge in [-0.3, -0.25) is 0 Å². The monoisotopic (exact) mass is 402 g/mol. The molecule has 0 N–H and O–H groups in total. The highest BCUT2D eigenvalue weighted by molar-refractivity contribution is 6.91. The van der Waals surface area contributed by atoms with Crippen molar-refractivity contribution in [1.82, 2.24) is 0 Å². The van der Waals surface area contributed by atoms with Crippen LogP contribution in [0.4, 0.5) is 0 Å². The first-order valence-electron chi connectivity index (χ1n) is 11.2. The van der Waals surface area contributed by atoms with Crippen LogP contribution in [0.5, 0.6) is 0 Å². The second-order valence-corrected chi connectivity index (χ2v) is 15.3. The number of hydrogen-bond donors (Lipinski definition) is 0. The molecule has 1 aliphatic rings. The average Bonchev–Trinajstić information content (AvgIpc) is 3.11. The molecule has 2 heterocycles. The van der Waals surface area contributed by atoms with Crippen molar-refractivity contribution in [2.24, 2.45) is 7.05 Å². The van der Waals surface area contributed by atoms with E-state index in [2.05, 4.69) is 95.4 Å². The molecule has 2 heteroatoms. The zero-order valence-corrected chi connectivity index (χ0v) is 20.3. The first-order chi connectivity index (χ1) is 13.6. The van der Waals surface area contributed by atoms with Crippen LogP contribution in [0.25, 0.3) is 22.0 Å². The van der Waals surface area contributed by atoms with E-state index in [-0.39, 0.29) is 5.41 Å². The fourth-order valence-corrected chi connectivity index (χ4v) is 8.94. The van der Waals surface area contributed by atoms with Crippen molar-refractivity contribution in [2.75, 3.05) is 0 Å². The molecule has 0 saturated carbocycles. The van der Waals surface area contributed by atoms with Crippen LogP contribution in [0, 0.1) is 13.8 Å². The molecule has 1 aliphatic heterocycles. The summed E-state index contributed by atoms with van der Waals surface area (Å²) >= 11 is 0. The van der Waals surface area contributed by atoms with Gasteiger partial charge in [0.2, 0.25) is 5.69 Å². The first kappa shape index (κ1) is 20.3. The Morgan fingerprint density at radius 1 is 0.931 bits per heavy atom. The Bertz CT molecular complexity index is 1080. The number of pyridine rings is 1. The minimum atomic E-state index is -1.25. The lowest BCUT2D eigenvalue weighted by atomic mass is 9.83. The number of nitrogens with zero attached hydrogens (tertiary/aromatic N) is 1. The zero-order chi connectivity index (χ0) is 21.0. The Morgan fingerprint density at radius 2 is 1.62 bits per heavy atom. The van der Waals surface area contributed by atoms with E-state index in [1.54, 1.807) is 5.19 Å². The summed E-state index contributed by atoms with van der Waals surface area (Å²) in [7, 11) is 0.938. The maximum Gasteiger partial charge on any atom is 0.220 e. The number of aryl methyl sites for hydroxylation is 2. The molecule has 0 unspecified atom stereocenters. The Kier molecular flexibility index (Phi) is 4.97. The summed E-state index contributed by atoms with van der Waals surface area (Å²) in [6.45, 7) is 14.0. The number of hydrogen-bond acceptors (Lipinski definition) is 0. The van der Waals surface area contributed by atoms with Gasteiger partial charge in [0.25, 0.3) is 0 Å². The Labute approximate surface area is 177 Å². The molecule has 0 atom stereocenters. The molecular weight excluding hydrogens is 366 g/mol. The van der Waals surface area contributed by atoms with Crippen LogP contribution < -0.4 is 9.75 Å². The topological polar surface area (TPSA) is 3.88 Å². The lowest BCUT2D eigenvalue weighted by Gasteiger charge is -2.23. The SMILES string of the molecule is Cc1cc(C(C)(C)C)cc(-c2c3ccc([Si]4(C)CCCC4)cc3cc[n+]2C)c1C. The van der Waals surface area contributed by atoms with Crippen molar-refractivity contribution < 1.29 is 4.57 Å². The third-order valence-electron chi connectivity index (χ3n) is 7.33. The Morgan fingerprint density at radius 3 is 2.28 bits per heavy atom. The molecule has 1 saturated heterocycles. The molecule has 4 rings (SSSR count). The van der Waals surface area contributed by atoms with Crippen LogP contribution in [0.1, 0.15) is 50.3 Å². The molecule has 0 radical (unpaired) electrons. The van der Waals surface area contributed by atoms with E-state index in [0.29, 0.717) is 0 Å². The number of rotatable bonds is 2. The van der Waals surface area contributed by atoms with E-state index in [1.165, 1.54) is 63.7 Å². The highest BCUT2D eigenvalue weighted by Crippen LogP contribution is 2.35. The van der Waals surface area contributed by atoms with Gasteiger partial charge in [0.1, 0.15) is 7.05 Å². The average molecular weight is 403 g/mol. The van der Waals surface area contributed by atoms with Gasteiger partial charge in [-0.1, -0.05) is 75.6 Å². The maximum absolute atomic E-state index is 2.59. The predicted molar refractivity (Wildman–Crippen MR) is 129 cm³/mol. The summed E-state index contributed by atoms with van der Waals surface area (Å²) in [4.78, 5) is 0. The highest BCUT2D eigenvalue weighted by Gasteiger charge is 2.33. The first-order valence-corrected chi connectivity index (χ1v) is 14.1. The molecule has 0 amide bonds. The summed E-state index contributed by atoms with van der Waals surface area (Å²) < 4.78 is 2.31. The summed E-state index contributed by atoms with van der Waals surface area (Å²) in [5.74, 6) is 0. The summed E-state index contributed by atoms with van der Waals surface area (Å²) in [6, 6.07) is 17.4. The maximum atomic E-state index is 2.59. The van der Waals surface area contributed by atoms with Gasteiger partial charge < -0.3 is 0 Å². The van der Waals surface area contributed by atoms with Crippen molar-refractivity contribution >= 4 is 24.0 Å². The fraction of sp³-hybridized carbons (Fsp3) is 0.444. The van der Waals surface area contributed by atoms with Crippen molar-refractivity contribution in [3.8, 4) is 11.3 Å². The van der Waals surface area contributed by atoms with E-state index < -0.39 is 8.07 Å². The second kappa shape index (κ2) is 7.09. The normalized spacial score (nSPS) is 16.5. The van der Waals surface area contributed by atoms with E-state index in [0.717, 1.165) is 0 Å². The predicted octanol–water partition coefficient (Wildman–Crippen LogP) is 6.33. The zero-order valence-electron chi connectivity index (χ0n) is 19.3. The van der Waals surface area contributed by atoms with Crippen LogP contribution in [-0.2, 0) is 12.5 Å². The van der Waals surface area contributed by atoms with Gasteiger partial charge in [-0.15, -0.1) is 0 Å². The summed E-state index contributed by atoms with van der Waals surface area (Å²) in [5.41, 5.74) is 7.05. The van der Waals surface area contributed by atoms with Gasteiger partial charge in [-0.2, -0.15) is 0 Å². The molecule has 0 bridgehead atoms. The quantitative estimate of drug-likeness (QED) is 0.348. The molecule has 29 heavy (non-hydrogen) atoms. The summed E-state index contributed by atoms with van der Waals surface area (Å²) in [6.07, 6.45) is 5.10. The van der Waals surface area contributed by atoms with Crippen LogP contribution in [0.2, 0.25) is 18.6 Å². The van der Waals surface area contributed by atoms with Crippen LogP contribution in [0.15, 0.2) is 42.6 Å². The van der Waals surface area contributed by atoms with Crippen molar-refractivity contribution in [3.63, 3.8) is 0 Å². The molecule has 2 aromatic carbocycles. The molecule has 1 aromatic heterocycles. The molecule has 1 fully saturated rings. The molecular formula is C27H36NSi+. The summed E-state index contributed by atoms with van der Waals surface area (Å²) in [5, 5.41) is 4.43. The largest absolute Gasteiger partial charge is 0.220 e. The smallest absolute Gasteiger partial charge is 0.200 e. The lowest BCUT2D eigenvalue weighted by molar-refractivity contribution is -0.659. The Balaban J connectivity index is 1.95. The number of aromatic nitrogens is 1. The minimum Gasteiger partial charge on any atom is -0.200 e. The fourth-order valence-electron chi connectivity index (χ4n) is 5.07. The van der Waals surface area contributed by atoms with Crippen molar-refractivity contribution in [2.45, 2.75) is 71.5 Å². The van der Waals surface area contributed by atoms with Gasteiger partial charge in [0.05, 0.1) is 19.0 Å². The van der Waals surface area contributed by atoms with Crippen LogP contribution in [-0.4, -0.2) is 8.07 Å². The third kappa shape index (κ3) is 3.57.